The van der Waals surface area contributed by atoms with Crippen LogP contribution in [0.25, 0.3) is 11.3 Å². The lowest BCUT2D eigenvalue weighted by Crippen LogP contribution is -2.16. The Morgan fingerprint density at radius 2 is 1.89 bits per heavy atom. The first-order valence-corrected chi connectivity index (χ1v) is 8.97. The van der Waals surface area contributed by atoms with E-state index in [1.165, 1.54) is 0 Å². The highest BCUT2D eigenvalue weighted by Gasteiger charge is 2.19. The molecule has 27 heavy (non-hydrogen) atoms. The molecule has 6 nitrogen and oxygen atoms in total. The quantitative estimate of drug-likeness (QED) is 0.587. The van der Waals surface area contributed by atoms with Gasteiger partial charge in [-0.1, -0.05) is 33.2 Å². The van der Waals surface area contributed by atoms with Gasteiger partial charge in [0.05, 0.1) is 11.6 Å². The van der Waals surface area contributed by atoms with Crippen molar-refractivity contribution in [2.45, 2.75) is 20.0 Å². The molecule has 0 saturated carbocycles. The van der Waals surface area contributed by atoms with Gasteiger partial charge < -0.3 is 9.26 Å². The second-order valence-corrected chi connectivity index (χ2v) is 6.80. The zero-order valence-electron chi connectivity index (χ0n) is 14.7. The molecule has 0 aliphatic rings. The Balaban J connectivity index is 1.73. The Bertz CT molecular complexity index is 989. The van der Waals surface area contributed by atoms with Gasteiger partial charge in [-0.25, -0.2) is 4.79 Å². The maximum absolute atomic E-state index is 12.3. The van der Waals surface area contributed by atoms with Crippen LogP contribution in [0, 0.1) is 18.3 Å². The summed E-state index contributed by atoms with van der Waals surface area (Å²) in [5.74, 6) is 0.461. The predicted octanol–water partition coefficient (Wildman–Crippen LogP) is 5.59. The van der Waals surface area contributed by atoms with Crippen LogP contribution >= 0.6 is 15.9 Å². The molecule has 1 N–H and O–H groups in total. The molecule has 0 bridgehead atoms. The van der Waals surface area contributed by atoms with Crippen LogP contribution in [0.5, 0.6) is 0 Å². The molecule has 1 heterocycles. The Hall–Kier alpha value is -3.11. The van der Waals surface area contributed by atoms with Gasteiger partial charge in [-0.2, -0.15) is 5.26 Å². The van der Waals surface area contributed by atoms with E-state index < -0.39 is 12.2 Å². The van der Waals surface area contributed by atoms with Gasteiger partial charge in [0.15, 0.2) is 5.76 Å². The molecule has 1 aromatic heterocycles. The van der Waals surface area contributed by atoms with E-state index in [9.17, 15) is 4.79 Å². The lowest BCUT2D eigenvalue weighted by atomic mass is 10.1. The smallest absolute Gasteiger partial charge is 0.412 e. The van der Waals surface area contributed by atoms with Crippen molar-refractivity contribution in [3.8, 4) is 17.4 Å². The molecule has 0 spiro atoms. The second kappa shape index (κ2) is 8.06. The molecule has 136 valence electrons. The standard InChI is InChI=1S/C20H16BrN3O3/c1-12-18(19(27-24-12)16-7-9-17(21)10-8-16)23-20(25)26-13(2)15-5-3-14(11-22)4-6-15/h3-10,13H,1-2H3,(H,23,25). The van der Waals surface area contributed by atoms with Crippen LogP contribution in [0.3, 0.4) is 0 Å². The van der Waals surface area contributed by atoms with Crippen LogP contribution in [-0.4, -0.2) is 11.2 Å². The number of carbonyl (C=O) groups is 1. The number of hydrogen-bond acceptors (Lipinski definition) is 5. The van der Waals surface area contributed by atoms with Crippen molar-refractivity contribution >= 4 is 27.7 Å². The van der Waals surface area contributed by atoms with Crippen molar-refractivity contribution in [1.82, 2.24) is 5.16 Å². The van der Waals surface area contributed by atoms with E-state index in [2.05, 4.69) is 32.5 Å². The van der Waals surface area contributed by atoms with E-state index >= 15 is 0 Å². The van der Waals surface area contributed by atoms with Gasteiger partial charge in [0.25, 0.3) is 0 Å². The summed E-state index contributed by atoms with van der Waals surface area (Å²) in [4.78, 5) is 12.3. The summed E-state index contributed by atoms with van der Waals surface area (Å²) in [6, 6.07) is 16.4. The van der Waals surface area contributed by atoms with Gasteiger partial charge in [-0.3, -0.25) is 5.32 Å². The van der Waals surface area contributed by atoms with Gasteiger partial charge in [-0.15, -0.1) is 0 Å². The average molecular weight is 426 g/mol. The van der Waals surface area contributed by atoms with Crippen molar-refractivity contribution in [1.29, 1.82) is 5.26 Å². The molecule has 0 aliphatic carbocycles. The van der Waals surface area contributed by atoms with E-state index in [1.807, 2.05) is 24.3 Å². The number of halogens is 1. The molecular formula is C20H16BrN3O3. The first-order valence-electron chi connectivity index (χ1n) is 8.18. The molecule has 0 aliphatic heterocycles. The molecule has 0 fully saturated rings. The third kappa shape index (κ3) is 4.36. The van der Waals surface area contributed by atoms with Crippen LogP contribution in [0.2, 0.25) is 0 Å². The maximum atomic E-state index is 12.3. The number of benzene rings is 2. The molecule has 3 aromatic rings. The van der Waals surface area contributed by atoms with E-state index in [0.29, 0.717) is 22.7 Å². The number of aromatic nitrogens is 1. The predicted molar refractivity (Wildman–Crippen MR) is 104 cm³/mol. The number of nitrogens with one attached hydrogen (secondary N) is 1. The molecule has 1 unspecified atom stereocenters. The number of ether oxygens (including phenoxy) is 1. The van der Waals surface area contributed by atoms with Gasteiger partial charge in [0, 0.05) is 10.0 Å². The minimum absolute atomic E-state index is 0.461. The molecule has 1 amide bonds. The first kappa shape index (κ1) is 18.7. The zero-order chi connectivity index (χ0) is 19.4. The summed E-state index contributed by atoms with van der Waals surface area (Å²) in [5.41, 5.74) is 3.15. The number of rotatable bonds is 4. The normalized spacial score (nSPS) is 11.5. The Morgan fingerprint density at radius 3 is 2.52 bits per heavy atom. The third-order valence-electron chi connectivity index (χ3n) is 3.99. The lowest BCUT2D eigenvalue weighted by Gasteiger charge is -2.14. The number of amides is 1. The maximum Gasteiger partial charge on any atom is 0.412 e. The average Bonchev–Trinajstić information content (AvgIpc) is 3.03. The summed E-state index contributed by atoms with van der Waals surface area (Å²) in [6.45, 7) is 3.50. The number of aryl methyl sites for hydroxylation is 1. The first-order chi connectivity index (χ1) is 13.0. The van der Waals surface area contributed by atoms with E-state index in [1.54, 1.807) is 38.1 Å². The van der Waals surface area contributed by atoms with E-state index in [4.69, 9.17) is 14.5 Å². The lowest BCUT2D eigenvalue weighted by molar-refractivity contribution is 0.121. The van der Waals surface area contributed by atoms with E-state index in [0.717, 1.165) is 15.6 Å². The zero-order valence-corrected chi connectivity index (χ0v) is 16.3. The third-order valence-corrected chi connectivity index (χ3v) is 4.52. The summed E-state index contributed by atoms with van der Waals surface area (Å²) in [6.07, 6.45) is -1.09. The van der Waals surface area contributed by atoms with Crippen molar-refractivity contribution in [2.75, 3.05) is 5.32 Å². The minimum Gasteiger partial charge on any atom is -0.441 e. The SMILES string of the molecule is Cc1noc(-c2ccc(Br)cc2)c1NC(=O)OC(C)c1ccc(C#N)cc1. The summed E-state index contributed by atoms with van der Waals surface area (Å²) < 4.78 is 11.7. The molecule has 7 heteroatoms. The Labute approximate surface area is 164 Å². The number of nitriles is 1. The van der Waals surface area contributed by atoms with Gasteiger partial charge in [-0.05, 0) is 55.8 Å². The van der Waals surface area contributed by atoms with Crippen molar-refractivity contribution in [3.05, 3.63) is 69.8 Å². The van der Waals surface area contributed by atoms with Crippen molar-refractivity contribution in [2.24, 2.45) is 0 Å². The van der Waals surface area contributed by atoms with Crippen molar-refractivity contribution < 1.29 is 14.1 Å². The second-order valence-electron chi connectivity index (χ2n) is 5.89. The largest absolute Gasteiger partial charge is 0.441 e. The highest BCUT2D eigenvalue weighted by Crippen LogP contribution is 2.32. The minimum atomic E-state index is -0.614. The Kier molecular flexibility index (Phi) is 5.57. The van der Waals surface area contributed by atoms with Crippen LogP contribution in [0.1, 0.15) is 29.8 Å². The summed E-state index contributed by atoms with van der Waals surface area (Å²) >= 11 is 3.39. The highest BCUT2D eigenvalue weighted by atomic mass is 79.9. The molecule has 0 saturated heterocycles. The molecule has 2 aromatic carbocycles. The van der Waals surface area contributed by atoms with E-state index in [-0.39, 0.29) is 0 Å². The van der Waals surface area contributed by atoms with Crippen molar-refractivity contribution in [3.63, 3.8) is 0 Å². The fraction of sp³-hybridized carbons (Fsp3) is 0.150. The highest BCUT2D eigenvalue weighted by molar-refractivity contribution is 9.10. The Morgan fingerprint density at radius 1 is 1.22 bits per heavy atom. The molecule has 3 rings (SSSR count). The number of carbonyl (C=O) groups excluding carboxylic acids is 1. The van der Waals surface area contributed by atoms with Gasteiger partial charge in [0.1, 0.15) is 17.5 Å². The summed E-state index contributed by atoms with van der Waals surface area (Å²) in [7, 11) is 0. The molecule has 0 radical (unpaired) electrons. The number of anilines is 1. The fourth-order valence-electron chi connectivity index (χ4n) is 2.50. The molecular weight excluding hydrogens is 410 g/mol. The van der Waals surface area contributed by atoms with Crippen LogP contribution < -0.4 is 5.32 Å². The number of hydrogen-bond donors (Lipinski definition) is 1. The van der Waals surface area contributed by atoms with Crippen LogP contribution in [0.15, 0.2) is 57.5 Å². The van der Waals surface area contributed by atoms with Crippen LogP contribution in [-0.2, 0) is 4.74 Å². The fourth-order valence-corrected chi connectivity index (χ4v) is 2.77. The monoisotopic (exact) mass is 425 g/mol. The molecule has 1 atom stereocenters. The number of nitrogens with zero attached hydrogens (tertiary/aromatic N) is 2. The summed E-state index contributed by atoms with van der Waals surface area (Å²) in [5, 5.41) is 15.5. The van der Waals surface area contributed by atoms with Gasteiger partial charge >= 0.3 is 6.09 Å². The topological polar surface area (TPSA) is 88.2 Å². The van der Waals surface area contributed by atoms with Gasteiger partial charge in [0.2, 0.25) is 0 Å². The van der Waals surface area contributed by atoms with Crippen LogP contribution in [0.4, 0.5) is 10.5 Å².